The van der Waals surface area contributed by atoms with Gasteiger partial charge in [0.25, 0.3) is 0 Å². The fourth-order valence-electron chi connectivity index (χ4n) is 2.28. The second-order valence-corrected chi connectivity index (χ2v) is 4.67. The second-order valence-electron chi connectivity index (χ2n) is 4.67. The standard InChI is InChI=1S/C16H16N4O2/c1-21-14-7-12(11-3-4-16(17)19-9-11)13(8-15(14)22-2)20-6-5-18-10-20/h3-10H,1-2H3,(H2,17,19). The molecule has 0 radical (unpaired) electrons. The Morgan fingerprint density at radius 3 is 2.45 bits per heavy atom. The summed E-state index contributed by atoms with van der Waals surface area (Å²) >= 11 is 0. The number of nitrogens with zero attached hydrogens (tertiary/aromatic N) is 3. The first-order valence-corrected chi connectivity index (χ1v) is 6.69. The molecule has 1 aromatic carbocycles. The molecule has 0 saturated carbocycles. The first kappa shape index (κ1) is 13.9. The summed E-state index contributed by atoms with van der Waals surface area (Å²) in [4.78, 5) is 8.26. The van der Waals surface area contributed by atoms with E-state index in [-0.39, 0.29) is 0 Å². The van der Waals surface area contributed by atoms with Crippen LogP contribution in [0.3, 0.4) is 0 Å². The highest BCUT2D eigenvalue weighted by Crippen LogP contribution is 2.37. The lowest BCUT2D eigenvalue weighted by Crippen LogP contribution is -1.99. The first-order valence-electron chi connectivity index (χ1n) is 6.69. The molecule has 3 aromatic rings. The summed E-state index contributed by atoms with van der Waals surface area (Å²) in [7, 11) is 3.22. The molecule has 6 nitrogen and oxygen atoms in total. The van der Waals surface area contributed by atoms with Gasteiger partial charge in [0, 0.05) is 35.8 Å². The quantitative estimate of drug-likeness (QED) is 0.800. The van der Waals surface area contributed by atoms with Crippen LogP contribution in [0.4, 0.5) is 5.82 Å². The van der Waals surface area contributed by atoms with E-state index in [0.29, 0.717) is 17.3 Å². The van der Waals surface area contributed by atoms with Crippen LogP contribution in [0, 0.1) is 0 Å². The van der Waals surface area contributed by atoms with Crippen molar-refractivity contribution in [2.75, 3.05) is 20.0 Å². The Kier molecular flexibility index (Phi) is 3.65. The van der Waals surface area contributed by atoms with Gasteiger partial charge in [-0.2, -0.15) is 0 Å². The third-order valence-electron chi connectivity index (χ3n) is 3.38. The van der Waals surface area contributed by atoms with Crippen LogP contribution in [0.1, 0.15) is 0 Å². The Bertz CT molecular complexity index is 768. The number of nitrogens with two attached hydrogens (primary N) is 1. The molecular weight excluding hydrogens is 280 g/mol. The zero-order valence-corrected chi connectivity index (χ0v) is 12.4. The maximum absolute atomic E-state index is 5.67. The third kappa shape index (κ3) is 2.46. The number of pyridine rings is 1. The Labute approximate surface area is 128 Å². The van der Waals surface area contributed by atoms with Gasteiger partial charge in [0.15, 0.2) is 11.5 Å². The topological polar surface area (TPSA) is 75.2 Å². The Morgan fingerprint density at radius 2 is 1.86 bits per heavy atom. The molecule has 2 heterocycles. The van der Waals surface area contributed by atoms with Crippen molar-refractivity contribution in [3.63, 3.8) is 0 Å². The first-order chi connectivity index (χ1) is 10.7. The molecule has 0 aliphatic rings. The number of rotatable bonds is 4. The predicted molar refractivity (Wildman–Crippen MR) is 84.3 cm³/mol. The van der Waals surface area contributed by atoms with Gasteiger partial charge in [-0.05, 0) is 18.2 Å². The van der Waals surface area contributed by atoms with Crippen molar-refractivity contribution in [1.29, 1.82) is 0 Å². The van der Waals surface area contributed by atoms with Crippen LogP contribution in [0.2, 0.25) is 0 Å². The normalized spacial score (nSPS) is 10.5. The molecule has 0 spiro atoms. The summed E-state index contributed by atoms with van der Waals surface area (Å²) in [5, 5.41) is 0. The smallest absolute Gasteiger partial charge is 0.162 e. The average molecular weight is 296 g/mol. The van der Waals surface area contributed by atoms with Gasteiger partial charge in [-0.25, -0.2) is 9.97 Å². The maximum atomic E-state index is 5.67. The van der Waals surface area contributed by atoms with Crippen molar-refractivity contribution >= 4 is 5.82 Å². The van der Waals surface area contributed by atoms with Crippen LogP contribution >= 0.6 is 0 Å². The van der Waals surface area contributed by atoms with Crippen molar-refractivity contribution < 1.29 is 9.47 Å². The van der Waals surface area contributed by atoms with E-state index >= 15 is 0 Å². The van der Waals surface area contributed by atoms with Crippen LogP contribution in [0.25, 0.3) is 16.8 Å². The predicted octanol–water partition coefficient (Wildman–Crippen LogP) is 2.53. The minimum Gasteiger partial charge on any atom is -0.493 e. The van der Waals surface area contributed by atoms with E-state index in [1.54, 1.807) is 39.0 Å². The molecule has 6 heteroatoms. The molecule has 0 unspecified atom stereocenters. The van der Waals surface area contributed by atoms with Crippen LogP contribution in [0.15, 0.2) is 49.2 Å². The molecule has 0 saturated heterocycles. The zero-order valence-electron chi connectivity index (χ0n) is 12.4. The number of hydrogen-bond acceptors (Lipinski definition) is 5. The second kappa shape index (κ2) is 5.77. The molecule has 2 aromatic heterocycles. The SMILES string of the molecule is COc1cc(-c2ccc(N)nc2)c(-n2ccnc2)cc1OC. The molecule has 0 fully saturated rings. The van der Waals surface area contributed by atoms with E-state index in [0.717, 1.165) is 16.8 Å². The minimum atomic E-state index is 0.480. The summed E-state index contributed by atoms with van der Waals surface area (Å²) in [5.41, 5.74) is 8.46. The summed E-state index contributed by atoms with van der Waals surface area (Å²) < 4.78 is 12.7. The lowest BCUT2D eigenvalue weighted by molar-refractivity contribution is 0.355. The van der Waals surface area contributed by atoms with E-state index < -0.39 is 0 Å². The zero-order chi connectivity index (χ0) is 15.5. The van der Waals surface area contributed by atoms with Gasteiger partial charge in [-0.1, -0.05) is 0 Å². The molecule has 0 aliphatic carbocycles. The molecule has 112 valence electrons. The van der Waals surface area contributed by atoms with Crippen LogP contribution in [-0.2, 0) is 0 Å². The Balaban J connectivity index is 2.24. The van der Waals surface area contributed by atoms with Crippen molar-refractivity contribution in [2.45, 2.75) is 0 Å². The molecule has 0 amide bonds. The number of anilines is 1. The Morgan fingerprint density at radius 1 is 1.09 bits per heavy atom. The number of aromatic nitrogens is 3. The highest BCUT2D eigenvalue weighted by Gasteiger charge is 2.14. The average Bonchev–Trinajstić information content (AvgIpc) is 3.08. The van der Waals surface area contributed by atoms with Crippen molar-refractivity contribution in [1.82, 2.24) is 14.5 Å². The fourth-order valence-corrected chi connectivity index (χ4v) is 2.28. The van der Waals surface area contributed by atoms with Crippen molar-refractivity contribution in [3.05, 3.63) is 49.2 Å². The van der Waals surface area contributed by atoms with E-state index in [2.05, 4.69) is 9.97 Å². The molecular formula is C16H16N4O2. The molecule has 22 heavy (non-hydrogen) atoms. The molecule has 3 rings (SSSR count). The van der Waals surface area contributed by atoms with Crippen LogP contribution in [0.5, 0.6) is 11.5 Å². The highest BCUT2D eigenvalue weighted by atomic mass is 16.5. The van der Waals surface area contributed by atoms with Crippen molar-refractivity contribution in [3.8, 4) is 28.3 Å². The molecule has 0 bridgehead atoms. The van der Waals surface area contributed by atoms with Gasteiger partial charge in [0.05, 0.1) is 26.2 Å². The van der Waals surface area contributed by atoms with E-state index in [9.17, 15) is 0 Å². The third-order valence-corrected chi connectivity index (χ3v) is 3.38. The van der Waals surface area contributed by atoms with Gasteiger partial charge >= 0.3 is 0 Å². The number of hydrogen-bond donors (Lipinski definition) is 1. The molecule has 0 atom stereocenters. The van der Waals surface area contributed by atoms with E-state index in [1.165, 1.54) is 0 Å². The number of nitrogen functional groups attached to an aromatic ring is 1. The number of ether oxygens (including phenoxy) is 2. The van der Waals surface area contributed by atoms with Gasteiger partial charge < -0.3 is 19.8 Å². The van der Waals surface area contributed by atoms with Crippen LogP contribution in [-0.4, -0.2) is 28.8 Å². The highest BCUT2D eigenvalue weighted by molar-refractivity contribution is 5.76. The fraction of sp³-hybridized carbons (Fsp3) is 0.125. The number of benzene rings is 1. The Hall–Kier alpha value is -3.02. The van der Waals surface area contributed by atoms with Crippen molar-refractivity contribution in [2.24, 2.45) is 0 Å². The monoisotopic (exact) mass is 296 g/mol. The van der Waals surface area contributed by atoms with E-state index in [1.807, 2.05) is 29.0 Å². The molecule has 0 aliphatic heterocycles. The lowest BCUT2D eigenvalue weighted by Gasteiger charge is -2.15. The number of imidazole rings is 1. The van der Waals surface area contributed by atoms with E-state index in [4.69, 9.17) is 15.2 Å². The van der Waals surface area contributed by atoms with Gasteiger partial charge in [0.1, 0.15) is 5.82 Å². The summed E-state index contributed by atoms with van der Waals surface area (Å²) in [6.45, 7) is 0. The van der Waals surface area contributed by atoms with Gasteiger partial charge in [-0.15, -0.1) is 0 Å². The minimum absolute atomic E-state index is 0.480. The van der Waals surface area contributed by atoms with Crippen LogP contribution < -0.4 is 15.2 Å². The summed E-state index contributed by atoms with van der Waals surface area (Å²) in [5.74, 6) is 1.78. The maximum Gasteiger partial charge on any atom is 0.162 e. The lowest BCUT2D eigenvalue weighted by atomic mass is 10.0. The summed E-state index contributed by atoms with van der Waals surface area (Å²) in [6.07, 6.45) is 7.06. The van der Waals surface area contributed by atoms with Gasteiger partial charge in [-0.3, -0.25) is 0 Å². The van der Waals surface area contributed by atoms with Gasteiger partial charge in [0.2, 0.25) is 0 Å². The largest absolute Gasteiger partial charge is 0.493 e. The molecule has 2 N–H and O–H groups in total. The number of methoxy groups -OCH3 is 2. The summed E-state index contributed by atoms with van der Waals surface area (Å²) in [6, 6.07) is 7.52.